The van der Waals surface area contributed by atoms with Gasteiger partial charge < -0.3 is 9.47 Å². The van der Waals surface area contributed by atoms with Crippen molar-refractivity contribution < 1.29 is 9.47 Å². The fourth-order valence-corrected chi connectivity index (χ4v) is 1.88. The van der Waals surface area contributed by atoms with E-state index in [-0.39, 0.29) is 12.2 Å². The van der Waals surface area contributed by atoms with Gasteiger partial charge in [0.2, 0.25) is 0 Å². The van der Waals surface area contributed by atoms with Gasteiger partial charge in [-0.2, -0.15) is 0 Å². The molecule has 0 amide bonds. The molecule has 1 unspecified atom stereocenters. The third-order valence-corrected chi connectivity index (χ3v) is 2.65. The van der Waals surface area contributed by atoms with Crippen LogP contribution in [0.25, 0.3) is 0 Å². The second kappa shape index (κ2) is 4.85. The number of aryl methyl sites for hydroxylation is 1. The lowest BCUT2D eigenvalue weighted by Crippen LogP contribution is -2.09. The van der Waals surface area contributed by atoms with Gasteiger partial charge >= 0.3 is 0 Å². The Morgan fingerprint density at radius 3 is 2.81 bits per heavy atom. The molecule has 1 atom stereocenters. The van der Waals surface area contributed by atoms with Crippen LogP contribution in [0.4, 0.5) is 0 Å². The van der Waals surface area contributed by atoms with E-state index >= 15 is 0 Å². The summed E-state index contributed by atoms with van der Waals surface area (Å²) in [6, 6.07) is 6.27. The average Bonchev–Trinajstić information content (AvgIpc) is 2.73. The summed E-state index contributed by atoms with van der Waals surface area (Å²) in [4.78, 5) is 0. The Balaban J connectivity index is 2.15. The van der Waals surface area contributed by atoms with Crippen LogP contribution in [0.15, 0.2) is 18.2 Å². The van der Waals surface area contributed by atoms with Crippen molar-refractivity contribution in [1.29, 1.82) is 0 Å². The molecule has 0 aromatic heterocycles. The van der Waals surface area contributed by atoms with Crippen LogP contribution in [0.2, 0.25) is 0 Å². The van der Waals surface area contributed by atoms with E-state index in [9.17, 15) is 0 Å². The van der Waals surface area contributed by atoms with Crippen LogP contribution in [0.5, 0.6) is 5.75 Å². The number of nitrogens with one attached hydrogen (secondary N) is 1. The molecule has 1 aliphatic rings. The molecule has 1 N–H and O–H groups in total. The molecule has 0 spiro atoms. The zero-order chi connectivity index (χ0) is 11.5. The van der Waals surface area contributed by atoms with Crippen molar-refractivity contribution in [1.82, 2.24) is 5.32 Å². The maximum absolute atomic E-state index is 5.71. The summed E-state index contributed by atoms with van der Waals surface area (Å²) in [5, 5.41) is 3.18. The molecule has 3 nitrogen and oxygen atoms in total. The van der Waals surface area contributed by atoms with E-state index < -0.39 is 0 Å². The van der Waals surface area contributed by atoms with Crippen molar-refractivity contribution >= 4 is 0 Å². The molecule has 1 fully saturated rings. The second-order valence-corrected chi connectivity index (χ2v) is 4.45. The minimum atomic E-state index is 0.187. The highest BCUT2D eigenvalue weighted by Gasteiger charge is 2.17. The summed E-state index contributed by atoms with van der Waals surface area (Å²) < 4.78 is 11.3. The fourth-order valence-electron chi connectivity index (χ4n) is 1.88. The van der Waals surface area contributed by atoms with Gasteiger partial charge in [-0.25, -0.2) is 0 Å². The molecular formula is C13H19NO2. The van der Waals surface area contributed by atoms with E-state index in [1.165, 1.54) is 11.1 Å². The van der Waals surface area contributed by atoms with Crippen LogP contribution in [0.1, 0.15) is 31.1 Å². The molecule has 3 heteroatoms. The van der Waals surface area contributed by atoms with Crippen LogP contribution < -0.4 is 10.1 Å². The molecule has 88 valence electrons. The molecule has 0 radical (unpaired) electrons. The lowest BCUT2D eigenvalue weighted by molar-refractivity contribution is 0.114. The molecule has 1 aliphatic heterocycles. The highest BCUT2D eigenvalue weighted by Crippen LogP contribution is 2.26. The fraction of sp³-hybridized carbons (Fsp3) is 0.538. The van der Waals surface area contributed by atoms with Gasteiger partial charge in [-0.15, -0.1) is 0 Å². The molecule has 0 saturated carbocycles. The first-order chi connectivity index (χ1) is 7.66. The molecule has 1 aromatic carbocycles. The van der Waals surface area contributed by atoms with E-state index in [2.05, 4.69) is 24.4 Å². The zero-order valence-corrected chi connectivity index (χ0v) is 10.1. The van der Waals surface area contributed by atoms with Crippen molar-refractivity contribution in [2.24, 2.45) is 0 Å². The Labute approximate surface area is 96.8 Å². The largest absolute Gasteiger partial charge is 0.491 e. The quantitative estimate of drug-likeness (QED) is 0.850. The normalized spacial score (nSPS) is 20.4. The number of ether oxygens (including phenoxy) is 2. The maximum atomic E-state index is 5.71. The van der Waals surface area contributed by atoms with Crippen LogP contribution in [0, 0.1) is 6.92 Å². The summed E-state index contributed by atoms with van der Waals surface area (Å²) >= 11 is 0. The molecule has 0 aliphatic carbocycles. The zero-order valence-electron chi connectivity index (χ0n) is 10.1. The smallest absolute Gasteiger partial charge is 0.122 e. The molecule has 1 heterocycles. The van der Waals surface area contributed by atoms with Gasteiger partial charge in [0, 0.05) is 6.54 Å². The van der Waals surface area contributed by atoms with E-state index in [1.54, 1.807) is 0 Å². The molecule has 1 aromatic rings. The second-order valence-electron chi connectivity index (χ2n) is 4.45. The van der Waals surface area contributed by atoms with Gasteiger partial charge in [0.15, 0.2) is 0 Å². The monoisotopic (exact) mass is 221 g/mol. The third kappa shape index (κ3) is 2.54. The maximum Gasteiger partial charge on any atom is 0.122 e. The average molecular weight is 221 g/mol. The number of rotatable bonds is 3. The Hall–Kier alpha value is -1.06. The highest BCUT2D eigenvalue weighted by molar-refractivity contribution is 5.37. The molecule has 1 saturated heterocycles. The van der Waals surface area contributed by atoms with Gasteiger partial charge in [0.1, 0.15) is 5.75 Å². The Bertz CT molecular complexity index is 357. The highest BCUT2D eigenvalue weighted by atomic mass is 16.5. The molecule has 0 bridgehead atoms. The van der Waals surface area contributed by atoms with E-state index in [4.69, 9.17) is 9.47 Å². The third-order valence-electron chi connectivity index (χ3n) is 2.65. The Morgan fingerprint density at radius 1 is 1.44 bits per heavy atom. The predicted molar refractivity (Wildman–Crippen MR) is 63.6 cm³/mol. The summed E-state index contributed by atoms with van der Waals surface area (Å²) in [5.41, 5.74) is 2.39. The van der Waals surface area contributed by atoms with Crippen LogP contribution in [-0.2, 0) is 4.74 Å². The van der Waals surface area contributed by atoms with E-state index in [1.807, 2.05) is 19.9 Å². The minimum Gasteiger partial charge on any atom is -0.491 e. The lowest BCUT2D eigenvalue weighted by Gasteiger charge is -2.15. The van der Waals surface area contributed by atoms with Crippen LogP contribution >= 0.6 is 0 Å². The first-order valence-electron chi connectivity index (χ1n) is 5.76. The van der Waals surface area contributed by atoms with Crippen molar-refractivity contribution in [2.45, 2.75) is 33.0 Å². The summed E-state index contributed by atoms with van der Waals surface area (Å²) in [7, 11) is 0. The predicted octanol–water partition coefficient (Wildman–Crippen LogP) is 2.40. The van der Waals surface area contributed by atoms with Gasteiger partial charge in [-0.05, 0) is 44.0 Å². The Kier molecular flexibility index (Phi) is 3.46. The first kappa shape index (κ1) is 11.4. The number of hydrogen-bond donors (Lipinski definition) is 1. The Morgan fingerprint density at radius 2 is 2.25 bits per heavy atom. The van der Waals surface area contributed by atoms with E-state index in [0.717, 1.165) is 12.3 Å². The van der Waals surface area contributed by atoms with E-state index in [0.29, 0.717) is 6.73 Å². The van der Waals surface area contributed by atoms with Crippen molar-refractivity contribution in [2.75, 3.05) is 13.3 Å². The SMILES string of the molecule is Cc1cc(C2CNCO2)ccc1OC(C)C. The van der Waals surface area contributed by atoms with Gasteiger partial charge in [0.05, 0.1) is 18.9 Å². The lowest BCUT2D eigenvalue weighted by atomic mass is 10.1. The van der Waals surface area contributed by atoms with Gasteiger partial charge in [0.25, 0.3) is 0 Å². The molecular weight excluding hydrogens is 202 g/mol. The summed E-state index contributed by atoms with van der Waals surface area (Å²) in [5.74, 6) is 0.963. The minimum absolute atomic E-state index is 0.187. The van der Waals surface area contributed by atoms with Crippen LogP contribution in [0.3, 0.4) is 0 Å². The first-order valence-corrected chi connectivity index (χ1v) is 5.76. The van der Waals surface area contributed by atoms with Gasteiger partial charge in [-0.3, -0.25) is 5.32 Å². The summed E-state index contributed by atoms with van der Waals surface area (Å²) in [6.45, 7) is 7.69. The molecule has 2 rings (SSSR count). The topological polar surface area (TPSA) is 30.5 Å². The molecule has 16 heavy (non-hydrogen) atoms. The van der Waals surface area contributed by atoms with Crippen molar-refractivity contribution in [3.05, 3.63) is 29.3 Å². The van der Waals surface area contributed by atoms with Crippen LogP contribution in [-0.4, -0.2) is 19.4 Å². The number of benzene rings is 1. The van der Waals surface area contributed by atoms with Gasteiger partial charge in [-0.1, -0.05) is 6.07 Å². The standard InChI is InChI=1S/C13H19NO2/c1-9(2)16-12-5-4-11(6-10(12)3)13-7-14-8-15-13/h4-6,9,13-14H,7-8H2,1-3H3. The van der Waals surface area contributed by atoms with Crippen molar-refractivity contribution in [3.8, 4) is 5.75 Å². The number of hydrogen-bond acceptors (Lipinski definition) is 3. The van der Waals surface area contributed by atoms with Crippen molar-refractivity contribution in [3.63, 3.8) is 0 Å². The summed E-state index contributed by atoms with van der Waals surface area (Å²) in [6.07, 6.45) is 0.403.